The number of ether oxygens (including phenoxy) is 1. The van der Waals surface area contributed by atoms with Crippen molar-refractivity contribution in [2.45, 2.75) is 6.92 Å². The van der Waals surface area contributed by atoms with Gasteiger partial charge in [-0.15, -0.1) is 0 Å². The van der Waals surface area contributed by atoms with Crippen LogP contribution in [0.25, 0.3) is 0 Å². The summed E-state index contributed by atoms with van der Waals surface area (Å²) in [6.45, 7) is 1.93. The topological polar surface area (TPSA) is 51.8 Å². The van der Waals surface area contributed by atoms with Gasteiger partial charge in [-0.3, -0.25) is 9.79 Å². The van der Waals surface area contributed by atoms with Gasteiger partial charge in [0.15, 0.2) is 5.78 Å². The minimum atomic E-state index is -0.0861. The van der Waals surface area contributed by atoms with E-state index in [4.69, 9.17) is 9.15 Å². The fourth-order valence-electron chi connectivity index (χ4n) is 1.70. The van der Waals surface area contributed by atoms with Crippen molar-refractivity contribution in [1.29, 1.82) is 0 Å². The van der Waals surface area contributed by atoms with Gasteiger partial charge in [0.05, 0.1) is 18.9 Å². The molecule has 1 aromatic carbocycles. The van der Waals surface area contributed by atoms with Gasteiger partial charge >= 0.3 is 0 Å². The molecule has 0 bridgehead atoms. The molecule has 0 spiro atoms. The van der Waals surface area contributed by atoms with E-state index in [2.05, 4.69) is 4.99 Å². The van der Waals surface area contributed by atoms with Crippen molar-refractivity contribution in [3.8, 4) is 5.75 Å². The first-order chi connectivity index (χ1) is 9.20. The molecule has 4 heteroatoms. The molecule has 0 aliphatic heterocycles. The zero-order chi connectivity index (χ0) is 13.7. The predicted octanol–water partition coefficient (Wildman–Crippen LogP) is 2.90. The van der Waals surface area contributed by atoms with Crippen LogP contribution < -0.4 is 4.74 Å². The number of benzene rings is 1. The van der Waals surface area contributed by atoms with Gasteiger partial charge < -0.3 is 9.15 Å². The largest absolute Gasteiger partial charge is 0.496 e. The molecule has 0 aliphatic rings. The number of aryl methyl sites for hydroxylation is 1. The first kappa shape index (κ1) is 13.1. The SMILES string of the molecule is COc1ccccc1C(=O)CN=Cc1ccc(C)o1. The van der Waals surface area contributed by atoms with Crippen LogP contribution in [0.4, 0.5) is 0 Å². The van der Waals surface area contributed by atoms with Gasteiger partial charge in [-0.25, -0.2) is 0 Å². The second kappa shape index (κ2) is 6.00. The van der Waals surface area contributed by atoms with E-state index in [9.17, 15) is 4.79 Å². The van der Waals surface area contributed by atoms with Gasteiger partial charge in [0, 0.05) is 0 Å². The smallest absolute Gasteiger partial charge is 0.187 e. The Morgan fingerprint density at radius 2 is 2.11 bits per heavy atom. The molecule has 4 nitrogen and oxygen atoms in total. The van der Waals surface area contributed by atoms with Gasteiger partial charge in [-0.1, -0.05) is 12.1 Å². The number of Topliss-reactive ketones (excluding diaryl/α,β-unsaturated/α-hetero) is 1. The van der Waals surface area contributed by atoms with Crippen molar-refractivity contribution >= 4 is 12.0 Å². The van der Waals surface area contributed by atoms with E-state index >= 15 is 0 Å². The van der Waals surface area contributed by atoms with E-state index in [1.807, 2.05) is 25.1 Å². The number of aliphatic imine (C=N–C) groups is 1. The third kappa shape index (κ3) is 3.31. The highest BCUT2D eigenvalue weighted by atomic mass is 16.5. The van der Waals surface area contributed by atoms with Crippen LogP contribution in [0.5, 0.6) is 5.75 Å². The summed E-state index contributed by atoms with van der Waals surface area (Å²) in [5.41, 5.74) is 0.540. The van der Waals surface area contributed by atoms with Crippen LogP contribution >= 0.6 is 0 Å². The highest BCUT2D eigenvalue weighted by Crippen LogP contribution is 2.17. The van der Waals surface area contributed by atoms with Crippen molar-refractivity contribution in [3.05, 3.63) is 53.5 Å². The highest BCUT2D eigenvalue weighted by Gasteiger charge is 2.10. The molecule has 0 saturated carbocycles. The summed E-state index contributed by atoms with van der Waals surface area (Å²) < 4.78 is 10.5. The van der Waals surface area contributed by atoms with E-state index in [0.717, 1.165) is 5.76 Å². The van der Waals surface area contributed by atoms with Crippen molar-refractivity contribution < 1.29 is 13.9 Å². The molecule has 0 amide bonds. The maximum atomic E-state index is 12.0. The Bertz CT molecular complexity index is 599. The number of para-hydroxylation sites is 1. The van der Waals surface area contributed by atoms with Gasteiger partial charge in [-0.2, -0.15) is 0 Å². The Kier molecular flexibility index (Phi) is 4.13. The number of hydrogen-bond acceptors (Lipinski definition) is 4. The molecule has 1 heterocycles. The lowest BCUT2D eigenvalue weighted by molar-refractivity contribution is 0.0999. The maximum absolute atomic E-state index is 12.0. The zero-order valence-electron chi connectivity index (χ0n) is 10.9. The molecule has 1 aromatic heterocycles. The standard InChI is InChI=1S/C15H15NO3/c1-11-7-8-12(19-11)9-16-10-14(17)13-5-3-4-6-15(13)18-2/h3-9H,10H2,1-2H3. The van der Waals surface area contributed by atoms with Gasteiger partial charge in [-0.05, 0) is 31.2 Å². The molecule has 19 heavy (non-hydrogen) atoms. The highest BCUT2D eigenvalue weighted by molar-refractivity contribution is 6.00. The minimum Gasteiger partial charge on any atom is -0.496 e. The number of rotatable bonds is 5. The normalized spacial score (nSPS) is 10.8. The van der Waals surface area contributed by atoms with Crippen LogP contribution in [0.15, 0.2) is 45.8 Å². The summed E-state index contributed by atoms with van der Waals surface area (Å²) in [4.78, 5) is 16.1. The molecule has 2 aromatic rings. The lowest BCUT2D eigenvalue weighted by Gasteiger charge is -2.05. The second-order valence-electron chi connectivity index (χ2n) is 4.04. The molecule has 0 N–H and O–H groups in total. The first-order valence-corrected chi connectivity index (χ1v) is 5.93. The van der Waals surface area contributed by atoms with Crippen LogP contribution in [0.3, 0.4) is 0 Å². The fraction of sp³-hybridized carbons (Fsp3) is 0.200. The molecule has 0 saturated heterocycles. The van der Waals surface area contributed by atoms with Crippen molar-refractivity contribution in [3.63, 3.8) is 0 Å². The number of furan rings is 1. The molecular formula is C15H15NO3. The second-order valence-corrected chi connectivity index (χ2v) is 4.04. The lowest BCUT2D eigenvalue weighted by Crippen LogP contribution is -2.05. The van der Waals surface area contributed by atoms with Crippen LogP contribution in [-0.2, 0) is 0 Å². The number of hydrogen-bond donors (Lipinski definition) is 0. The van der Waals surface area contributed by atoms with Crippen LogP contribution in [0.2, 0.25) is 0 Å². The molecular weight excluding hydrogens is 242 g/mol. The van der Waals surface area contributed by atoms with Crippen LogP contribution in [0, 0.1) is 6.92 Å². The van der Waals surface area contributed by atoms with Gasteiger partial charge in [0.1, 0.15) is 23.8 Å². The van der Waals surface area contributed by atoms with E-state index in [0.29, 0.717) is 17.1 Å². The average Bonchev–Trinajstić information content (AvgIpc) is 2.84. The third-order valence-corrected chi connectivity index (χ3v) is 2.62. The molecule has 0 aliphatic carbocycles. The quantitative estimate of drug-likeness (QED) is 0.611. The van der Waals surface area contributed by atoms with E-state index < -0.39 is 0 Å². The summed E-state index contributed by atoms with van der Waals surface area (Å²) in [6, 6.07) is 10.8. The fourth-order valence-corrected chi connectivity index (χ4v) is 1.70. The monoisotopic (exact) mass is 257 g/mol. The van der Waals surface area contributed by atoms with E-state index in [-0.39, 0.29) is 12.3 Å². The number of ketones is 1. The Hall–Kier alpha value is -2.36. The maximum Gasteiger partial charge on any atom is 0.187 e. The Balaban J connectivity index is 2.03. The van der Waals surface area contributed by atoms with E-state index in [1.165, 1.54) is 0 Å². The van der Waals surface area contributed by atoms with Crippen molar-refractivity contribution in [2.24, 2.45) is 4.99 Å². The molecule has 0 radical (unpaired) electrons. The first-order valence-electron chi connectivity index (χ1n) is 5.93. The van der Waals surface area contributed by atoms with Gasteiger partial charge in [0.2, 0.25) is 0 Å². The summed E-state index contributed by atoms with van der Waals surface area (Å²) in [5.74, 6) is 1.94. The summed E-state index contributed by atoms with van der Waals surface area (Å²) >= 11 is 0. The molecule has 0 fully saturated rings. The molecule has 0 atom stereocenters. The summed E-state index contributed by atoms with van der Waals surface area (Å²) in [7, 11) is 1.54. The van der Waals surface area contributed by atoms with Crippen molar-refractivity contribution in [1.82, 2.24) is 0 Å². The zero-order valence-corrected chi connectivity index (χ0v) is 10.9. The van der Waals surface area contributed by atoms with E-state index in [1.54, 1.807) is 31.5 Å². The van der Waals surface area contributed by atoms with Crippen LogP contribution in [0.1, 0.15) is 21.9 Å². The summed E-state index contributed by atoms with van der Waals surface area (Å²) in [6.07, 6.45) is 1.56. The average molecular weight is 257 g/mol. The van der Waals surface area contributed by atoms with Gasteiger partial charge in [0.25, 0.3) is 0 Å². The Labute approximate surface area is 111 Å². The van der Waals surface area contributed by atoms with Crippen LogP contribution in [-0.4, -0.2) is 25.7 Å². The number of nitrogens with zero attached hydrogens (tertiary/aromatic N) is 1. The van der Waals surface area contributed by atoms with Crippen molar-refractivity contribution in [2.75, 3.05) is 13.7 Å². The number of carbonyl (C=O) groups is 1. The molecule has 2 rings (SSSR count). The molecule has 0 unspecified atom stereocenters. The Morgan fingerprint density at radius 3 is 2.79 bits per heavy atom. The minimum absolute atomic E-state index is 0.0696. The molecule has 98 valence electrons. The Morgan fingerprint density at radius 1 is 1.32 bits per heavy atom. The predicted molar refractivity (Wildman–Crippen MR) is 73.2 cm³/mol. The number of methoxy groups -OCH3 is 1. The summed E-state index contributed by atoms with van der Waals surface area (Å²) in [5, 5.41) is 0. The number of carbonyl (C=O) groups excluding carboxylic acids is 1. The lowest BCUT2D eigenvalue weighted by atomic mass is 10.1. The third-order valence-electron chi connectivity index (χ3n) is 2.62.